The van der Waals surface area contributed by atoms with Gasteiger partial charge in [-0.15, -0.1) is 0 Å². The monoisotopic (exact) mass is 576 g/mol. The lowest BCUT2D eigenvalue weighted by molar-refractivity contribution is -0.148. The van der Waals surface area contributed by atoms with E-state index in [1.54, 1.807) is 22.8 Å². The molecule has 5 atom stereocenters. The van der Waals surface area contributed by atoms with Gasteiger partial charge in [0.05, 0.1) is 31.7 Å². The summed E-state index contributed by atoms with van der Waals surface area (Å²) in [6.07, 6.45) is 1.02. The number of aliphatic hydroxyl groups is 1. The standard InChI is InChI=1S/C26H34FN6O6P/c1-16-19(33-15-31-21-22(28)29-14-30-23(21)33)11-20(34)26(16,27)13-38-40(36,39-18-9-7-6-8-10-18)32-17(2)24(35)37-12-25(3,4)5/h6-10,14-15,17,19-20,34H,1,11-13H2,2-5H3,(H,32,36)(H2,28,29,30)/t17-,19+,20+,26-,40?/m1/s1. The highest BCUT2D eigenvalue weighted by atomic mass is 31.2. The van der Waals surface area contributed by atoms with Gasteiger partial charge in [-0.1, -0.05) is 45.5 Å². The lowest BCUT2D eigenvalue weighted by atomic mass is 9.99. The first-order valence-corrected chi connectivity index (χ1v) is 14.2. The zero-order valence-corrected chi connectivity index (χ0v) is 23.7. The Morgan fingerprint density at radius 1 is 1.32 bits per heavy atom. The Balaban J connectivity index is 1.54. The number of halogens is 1. The van der Waals surface area contributed by atoms with Crippen LogP contribution in [-0.2, 0) is 18.6 Å². The Morgan fingerprint density at radius 2 is 2.02 bits per heavy atom. The number of esters is 1. The number of aromatic nitrogens is 4. The third-order valence-electron chi connectivity index (χ3n) is 6.40. The maximum Gasteiger partial charge on any atom is 0.459 e. The van der Waals surface area contributed by atoms with E-state index >= 15 is 4.39 Å². The summed E-state index contributed by atoms with van der Waals surface area (Å²) in [7, 11) is -4.39. The summed E-state index contributed by atoms with van der Waals surface area (Å²) in [5.74, 6) is -0.376. The van der Waals surface area contributed by atoms with E-state index in [9.17, 15) is 14.5 Å². The smallest absolute Gasteiger partial charge is 0.459 e. The maximum atomic E-state index is 16.4. The van der Waals surface area contributed by atoms with Crippen molar-refractivity contribution in [2.75, 3.05) is 18.9 Å². The number of hydrogen-bond acceptors (Lipinski definition) is 10. The van der Waals surface area contributed by atoms with Crippen molar-refractivity contribution in [1.82, 2.24) is 24.6 Å². The number of benzene rings is 1. The minimum Gasteiger partial charge on any atom is -0.464 e. The molecule has 216 valence electrons. The van der Waals surface area contributed by atoms with E-state index in [1.165, 1.54) is 31.7 Å². The van der Waals surface area contributed by atoms with Gasteiger partial charge in [-0.25, -0.2) is 23.9 Å². The molecule has 0 bridgehead atoms. The Morgan fingerprint density at radius 3 is 2.70 bits per heavy atom. The molecule has 0 radical (unpaired) electrons. The number of carbonyl (C=O) groups is 1. The van der Waals surface area contributed by atoms with Crippen molar-refractivity contribution in [2.45, 2.75) is 58.0 Å². The quantitative estimate of drug-likeness (QED) is 0.183. The maximum absolute atomic E-state index is 16.4. The van der Waals surface area contributed by atoms with Crippen molar-refractivity contribution in [2.24, 2.45) is 5.41 Å². The van der Waals surface area contributed by atoms with E-state index in [0.29, 0.717) is 11.2 Å². The van der Waals surface area contributed by atoms with Crippen LogP contribution < -0.4 is 15.3 Å². The van der Waals surface area contributed by atoms with Gasteiger partial charge in [0.2, 0.25) is 0 Å². The third-order valence-corrected chi connectivity index (χ3v) is 8.02. The van der Waals surface area contributed by atoms with Crippen LogP contribution in [0, 0.1) is 5.41 Å². The minimum atomic E-state index is -4.39. The Kier molecular flexibility index (Phi) is 8.32. The number of para-hydroxylation sites is 1. The molecule has 0 spiro atoms. The van der Waals surface area contributed by atoms with Gasteiger partial charge >= 0.3 is 13.7 Å². The SMILES string of the molecule is C=C1[C@@H](n2cnc3c(N)ncnc32)C[C@H](O)[C@@]1(F)COP(=O)(N[C@H](C)C(=O)OCC(C)(C)C)Oc1ccccc1. The van der Waals surface area contributed by atoms with Crippen molar-refractivity contribution < 1.29 is 32.6 Å². The molecule has 0 saturated heterocycles. The predicted molar refractivity (Wildman–Crippen MR) is 146 cm³/mol. The number of nitrogen functional groups attached to an aromatic ring is 1. The van der Waals surface area contributed by atoms with Gasteiger partial charge in [0.1, 0.15) is 23.6 Å². The Labute approximate surface area is 231 Å². The van der Waals surface area contributed by atoms with E-state index in [2.05, 4.69) is 26.6 Å². The van der Waals surface area contributed by atoms with Crippen LogP contribution in [0.4, 0.5) is 10.2 Å². The van der Waals surface area contributed by atoms with Crippen LogP contribution in [0.2, 0.25) is 0 Å². The van der Waals surface area contributed by atoms with E-state index in [1.807, 2.05) is 20.8 Å². The van der Waals surface area contributed by atoms with E-state index in [4.69, 9.17) is 19.5 Å². The van der Waals surface area contributed by atoms with Gasteiger partial charge in [0.25, 0.3) is 0 Å². The van der Waals surface area contributed by atoms with Crippen molar-refractivity contribution in [1.29, 1.82) is 0 Å². The minimum absolute atomic E-state index is 0.0413. The zero-order valence-electron chi connectivity index (χ0n) is 22.8. The number of hydrogen-bond donors (Lipinski definition) is 3. The number of nitrogens with zero attached hydrogens (tertiary/aromatic N) is 4. The molecule has 2 aromatic heterocycles. The first-order chi connectivity index (χ1) is 18.7. The second-order valence-corrected chi connectivity index (χ2v) is 12.6. The third kappa shape index (κ3) is 6.33. The topological polar surface area (TPSA) is 164 Å². The molecule has 40 heavy (non-hydrogen) atoms. The van der Waals surface area contributed by atoms with Gasteiger partial charge in [0.15, 0.2) is 17.1 Å². The van der Waals surface area contributed by atoms with E-state index < -0.39 is 44.2 Å². The highest BCUT2D eigenvalue weighted by Gasteiger charge is 2.53. The molecule has 4 N–H and O–H groups in total. The molecule has 0 amide bonds. The summed E-state index contributed by atoms with van der Waals surface area (Å²) in [6, 6.07) is 6.21. The van der Waals surface area contributed by atoms with Crippen molar-refractivity contribution in [3.63, 3.8) is 0 Å². The molecular formula is C26H34FN6O6P. The van der Waals surface area contributed by atoms with Crippen LogP contribution in [0.3, 0.4) is 0 Å². The van der Waals surface area contributed by atoms with Crippen LogP contribution >= 0.6 is 7.75 Å². The highest BCUT2D eigenvalue weighted by Crippen LogP contribution is 2.51. The average molecular weight is 577 g/mol. The predicted octanol–water partition coefficient (Wildman–Crippen LogP) is 3.75. The summed E-state index contributed by atoms with van der Waals surface area (Å²) in [5, 5.41) is 13.3. The molecule has 1 aliphatic rings. The molecule has 2 heterocycles. The van der Waals surface area contributed by atoms with Gasteiger partial charge in [-0.3, -0.25) is 9.32 Å². The number of imidazole rings is 1. The summed E-state index contributed by atoms with van der Waals surface area (Å²) >= 11 is 0. The van der Waals surface area contributed by atoms with Gasteiger partial charge in [0, 0.05) is 6.42 Å². The summed E-state index contributed by atoms with van der Waals surface area (Å²) in [5.41, 5.74) is 3.69. The van der Waals surface area contributed by atoms with Crippen LogP contribution in [0.25, 0.3) is 11.2 Å². The van der Waals surface area contributed by atoms with Crippen molar-refractivity contribution in [3.05, 3.63) is 55.1 Å². The largest absolute Gasteiger partial charge is 0.464 e. The van der Waals surface area contributed by atoms with Crippen molar-refractivity contribution >= 4 is 30.7 Å². The first kappa shape index (κ1) is 29.6. The number of fused-ring (bicyclic) bond motifs is 1. The molecule has 1 saturated carbocycles. The molecular weight excluding hydrogens is 542 g/mol. The zero-order chi connectivity index (χ0) is 29.3. The molecule has 12 nitrogen and oxygen atoms in total. The fraction of sp³-hybridized carbons (Fsp3) is 0.462. The second-order valence-electron chi connectivity index (χ2n) is 10.9. The summed E-state index contributed by atoms with van der Waals surface area (Å²) in [4.78, 5) is 24.9. The molecule has 3 aromatic rings. The molecule has 4 rings (SSSR count). The fourth-order valence-electron chi connectivity index (χ4n) is 4.19. The number of aliphatic hydroxyl groups excluding tert-OH is 1. The lowest BCUT2D eigenvalue weighted by Gasteiger charge is -2.29. The lowest BCUT2D eigenvalue weighted by Crippen LogP contribution is -2.41. The normalized spacial score (nSPS) is 23.6. The van der Waals surface area contributed by atoms with Crippen LogP contribution in [0.1, 0.15) is 40.2 Å². The fourth-order valence-corrected chi connectivity index (χ4v) is 5.71. The number of rotatable bonds is 10. The van der Waals surface area contributed by atoms with E-state index in [0.717, 1.165) is 0 Å². The molecule has 1 fully saturated rings. The molecule has 0 aliphatic heterocycles. The first-order valence-electron chi connectivity index (χ1n) is 12.7. The Hall–Kier alpha value is -3.38. The van der Waals surface area contributed by atoms with E-state index in [-0.39, 0.29) is 35.6 Å². The van der Waals surface area contributed by atoms with Gasteiger partial charge < -0.3 is 24.7 Å². The molecule has 1 unspecified atom stereocenters. The van der Waals surface area contributed by atoms with Crippen LogP contribution in [0.15, 0.2) is 55.1 Å². The summed E-state index contributed by atoms with van der Waals surface area (Å²) < 4.78 is 48.2. The van der Waals surface area contributed by atoms with Gasteiger partial charge in [-0.05, 0) is 30.0 Å². The number of anilines is 1. The Bertz CT molecular complexity index is 1430. The summed E-state index contributed by atoms with van der Waals surface area (Å²) in [6.45, 7) is 10.2. The van der Waals surface area contributed by atoms with Crippen LogP contribution in [0.5, 0.6) is 5.75 Å². The van der Waals surface area contributed by atoms with Crippen molar-refractivity contribution in [3.8, 4) is 5.75 Å². The number of ether oxygens (including phenoxy) is 1. The second kappa shape index (κ2) is 11.2. The van der Waals surface area contributed by atoms with Crippen LogP contribution in [-0.4, -0.2) is 61.6 Å². The average Bonchev–Trinajstić information content (AvgIpc) is 3.42. The number of nitrogens with two attached hydrogens (primary N) is 1. The number of alkyl halides is 1. The molecule has 1 aromatic carbocycles. The highest BCUT2D eigenvalue weighted by molar-refractivity contribution is 7.52. The number of carbonyl (C=O) groups excluding carboxylic acids is 1. The molecule has 14 heteroatoms. The van der Waals surface area contributed by atoms with Gasteiger partial charge in [-0.2, -0.15) is 5.09 Å². The number of nitrogens with one attached hydrogen (secondary N) is 1. The molecule has 1 aliphatic carbocycles.